The SMILES string of the molecule is C#CC=C([Si])[Si]. The minimum atomic E-state index is 0.789. The van der Waals surface area contributed by atoms with E-state index in [9.17, 15) is 0 Å². The third kappa shape index (κ3) is 3.73. The van der Waals surface area contributed by atoms with E-state index in [2.05, 4.69) is 26.4 Å². The van der Waals surface area contributed by atoms with Crippen molar-refractivity contribution in [3.8, 4) is 12.3 Å². The van der Waals surface area contributed by atoms with Gasteiger partial charge in [-0.05, 0) is 6.08 Å². The highest BCUT2D eigenvalue weighted by Gasteiger charge is 1.65. The Balaban J connectivity index is 3.51. The molecule has 6 radical (unpaired) electrons. The van der Waals surface area contributed by atoms with Gasteiger partial charge in [0.25, 0.3) is 0 Å². The minimum Gasteiger partial charge on any atom is -0.115 e. The van der Waals surface area contributed by atoms with E-state index in [0.29, 0.717) is 0 Å². The predicted molar refractivity (Wildman–Crippen MR) is 28.4 cm³/mol. The molecule has 0 amide bonds. The second-order valence-corrected chi connectivity index (χ2v) is 2.30. The van der Waals surface area contributed by atoms with E-state index < -0.39 is 0 Å². The van der Waals surface area contributed by atoms with E-state index in [1.807, 2.05) is 0 Å². The average Bonchev–Trinajstić information content (AvgIpc) is 1.35. The molecule has 0 saturated carbocycles. The third-order valence-electron chi connectivity index (χ3n) is 0.228. The van der Waals surface area contributed by atoms with Gasteiger partial charge < -0.3 is 0 Å². The van der Waals surface area contributed by atoms with Crippen LogP contribution in [0.5, 0.6) is 0 Å². The van der Waals surface area contributed by atoms with Crippen molar-refractivity contribution in [2.75, 3.05) is 0 Å². The maximum Gasteiger partial charge on any atom is 0.0588 e. The molecule has 0 aliphatic rings. The molecule has 0 atom stereocenters. The summed E-state index contributed by atoms with van der Waals surface area (Å²) < 4.78 is 0. The summed E-state index contributed by atoms with van der Waals surface area (Å²) in [6.45, 7) is 0. The lowest BCUT2D eigenvalue weighted by Crippen LogP contribution is -1.73. The van der Waals surface area contributed by atoms with Crippen LogP contribution in [0, 0.1) is 12.3 Å². The van der Waals surface area contributed by atoms with Crippen molar-refractivity contribution >= 4 is 20.5 Å². The van der Waals surface area contributed by atoms with Gasteiger partial charge in [0, 0.05) is 0 Å². The molecular formula is C4H2Si2. The maximum atomic E-state index is 4.84. The zero-order chi connectivity index (χ0) is 4.99. The van der Waals surface area contributed by atoms with E-state index in [0.717, 1.165) is 4.82 Å². The quantitative estimate of drug-likeness (QED) is 0.296. The first kappa shape index (κ1) is 5.73. The van der Waals surface area contributed by atoms with Gasteiger partial charge in [-0.15, -0.1) is 6.42 Å². The normalized spacial score (nSPS) is 6.17. The molecule has 2 heteroatoms. The lowest BCUT2D eigenvalue weighted by Gasteiger charge is -1.72. The van der Waals surface area contributed by atoms with Crippen LogP contribution in [0.3, 0.4) is 0 Å². The molecule has 0 aliphatic heterocycles. The van der Waals surface area contributed by atoms with Crippen LogP contribution in [0.25, 0.3) is 0 Å². The molecule has 26 valence electrons. The van der Waals surface area contributed by atoms with Gasteiger partial charge in [0.1, 0.15) is 0 Å². The van der Waals surface area contributed by atoms with E-state index in [1.54, 1.807) is 6.08 Å². The molecule has 0 aromatic heterocycles. The molecule has 0 aliphatic carbocycles. The van der Waals surface area contributed by atoms with Crippen LogP contribution in [0.15, 0.2) is 10.9 Å². The number of terminal acetylenes is 1. The molecule has 0 saturated heterocycles. The fraction of sp³-hybridized carbons (Fsp3) is 0. The smallest absolute Gasteiger partial charge is 0.0588 e. The van der Waals surface area contributed by atoms with Gasteiger partial charge in [-0.25, -0.2) is 0 Å². The van der Waals surface area contributed by atoms with Crippen molar-refractivity contribution in [1.82, 2.24) is 0 Å². The summed E-state index contributed by atoms with van der Waals surface area (Å²) in [4.78, 5) is 0.789. The Morgan fingerprint density at radius 3 is 2.17 bits per heavy atom. The monoisotopic (exact) mass is 106 g/mol. The van der Waals surface area contributed by atoms with Gasteiger partial charge >= 0.3 is 0 Å². The summed E-state index contributed by atoms with van der Waals surface area (Å²) in [5.41, 5.74) is 0. The van der Waals surface area contributed by atoms with Crippen molar-refractivity contribution < 1.29 is 0 Å². The number of hydrogen-bond acceptors (Lipinski definition) is 0. The van der Waals surface area contributed by atoms with Crippen molar-refractivity contribution in [3.05, 3.63) is 10.9 Å². The molecule has 0 heterocycles. The third-order valence-corrected chi connectivity index (χ3v) is 0.516. The molecule has 0 bridgehead atoms. The zero-order valence-corrected chi connectivity index (χ0v) is 5.15. The Morgan fingerprint density at radius 2 is 2.17 bits per heavy atom. The van der Waals surface area contributed by atoms with Crippen LogP contribution in [0.1, 0.15) is 0 Å². The highest BCUT2D eigenvalue weighted by molar-refractivity contribution is 6.48. The molecule has 0 aromatic carbocycles. The van der Waals surface area contributed by atoms with Gasteiger partial charge in [0.05, 0.1) is 20.5 Å². The summed E-state index contributed by atoms with van der Waals surface area (Å²) >= 11 is 0. The predicted octanol–water partition coefficient (Wildman–Crippen LogP) is -0.202. The van der Waals surface area contributed by atoms with Gasteiger partial charge in [-0.3, -0.25) is 0 Å². The summed E-state index contributed by atoms with van der Waals surface area (Å²) in [6.07, 6.45) is 6.40. The lowest BCUT2D eigenvalue weighted by atomic mass is 10.7. The molecule has 0 spiro atoms. The second kappa shape index (κ2) is 2.95. The largest absolute Gasteiger partial charge is 0.115 e. The number of allylic oxidation sites excluding steroid dienone is 1. The van der Waals surface area contributed by atoms with E-state index in [4.69, 9.17) is 6.42 Å². The van der Waals surface area contributed by atoms with E-state index in [-0.39, 0.29) is 0 Å². The minimum absolute atomic E-state index is 0.789. The van der Waals surface area contributed by atoms with Crippen LogP contribution in [0.4, 0.5) is 0 Å². The Kier molecular flexibility index (Phi) is 2.81. The van der Waals surface area contributed by atoms with Crippen molar-refractivity contribution in [2.24, 2.45) is 0 Å². The summed E-state index contributed by atoms with van der Waals surface area (Å²) in [6, 6.07) is 0. The van der Waals surface area contributed by atoms with Crippen LogP contribution in [0.2, 0.25) is 0 Å². The van der Waals surface area contributed by atoms with E-state index >= 15 is 0 Å². The summed E-state index contributed by atoms with van der Waals surface area (Å²) in [5, 5.41) is 0. The van der Waals surface area contributed by atoms with Gasteiger partial charge in [-0.2, -0.15) is 0 Å². The first-order valence-corrected chi connectivity index (χ1v) is 2.37. The van der Waals surface area contributed by atoms with Crippen molar-refractivity contribution in [3.63, 3.8) is 0 Å². The van der Waals surface area contributed by atoms with Gasteiger partial charge in [-0.1, -0.05) is 10.7 Å². The maximum absolute atomic E-state index is 4.84. The highest BCUT2D eigenvalue weighted by atomic mass is 28.2. The van der Waals surface area contributed by atoms with Gasteiger partial charge in [0.15, 0.2) is 0 Å². The van der Waals surface area contributed by atoms with Crippen molar-refractivity contribution in [2.45, 2.75) is 0 Å². The highest BCUT2D eigenvalue weighted by Crippen LogP contribution is 1.70. The molecule has 0 aromatic rings. The molecular weight excluding hydrogens is 104 g/mol. The Labute approximate surface area is 44.5 Å². The van der Waals surface area contributed by atoms with Crippen molar-refractivity contribution in [1.29, 1.82) is 0 Å². The molecule has 0 nitrogen and oxygen atoms in total. The molecule has 0 unspecified atom stereocenters. The standard InChI is InChI=1S/C4H2Si2/c1-2-3-4(5)6/h1,3H. The van der Waals surface area contributed by atoms with Crippen LogP contribution < -0.4 is 0 Å². The molecule has 0 fully saturated rings. The lowest BCUT2D eigenvalue weighted by molar-refractivity contribution is 2.19. The molecule has 0 N–H and O–H groups in total. The van der Waals surface area contributed by atoms with E-state index in [1.165, 1.54) is 0 Å². The Bertz CT molecular complexity index is 92.6. The number of hydrogen-bond donors (Lipinski definition) is 0. The molecule has 0 rings (SSSR count). The fourth-order valence-corrected chi connectivity index (χ4v) is 0.250. The second-order valence-electron chi connectivity index (χ2n) is 0.725. The fourth-order valence-electron chi connectivity index (χ4n) is 0.0833. The average molecular weight is 106 g/mol. The first-order chi connectivity index (χ1) is 2.77. The summed E-state index contributed by atoms with van der Waals surface area (Å²) in [5.74, 6) is 2.31. The summed E-state index contributed by atoms with van der Waals surface area (Å²) in [7, 11) is 6.22. The zero-order valence-electron chi connectivity index (χ0n) is 3.15. The van der Waals surface area contributed by atoms with Crippen LogP contribution >= 0.6 is 0 Å². The van der Waals surface area contributed by atoms with Crippen LogP contribution in [-0.4, -0.2) is 20.5 Å². The topological polar surface area (TPSA) is 0 Å². The van der Waals surface area contributed by atoms with Crippen LogP contribution in [-0.2, 0) is 0 Å². The molecule has 6 heavy (non-hydrogen) atoms. The number of rotatable bonds is 0. The first-order valence-electron chi connectivity index (χ1n) is 1.37. The Hall–Kier alpha value is -0.266. The van der Waals surface area contributed by atoms with Gasteiger partial charge in [0.2, 0.25) is 0 Å². The Morgan fingerprint density at radius 1 is 1.67 bits per heavy atom.